The van der Waals surface area contributed by atoms with E-state index >= 15 is 0 Å². The van der Waals surface area contributed by atoms with E-state index in [4.69, 9.17) is 0 Å². The molecule has 3 N–H and O–H groups in total. The maximum atomic E-state index is 12.1. The highest BCUT2D eigenvalue weighted by molar-refractivity contribution is 7.89. The number of nitrogens with one attached hydrogen (secondary N) is 3. The predicted octanol–water partition coefficient (Wildman–Crippen LogP) is 0.0660. The SMILES string of the molecule is CCNc1ccc(S(=O)(=O)NC(C)c2nn[nH]n2)cn1. The van der Waals surface area contributed by atoms with Crippen LogP contribution in [-0.2, 0) is 10.0 Å². The van der Waals surface area contributed by atoms with Crippen molar-refractivity contribution in [3.63, 3.8) is 0 Å². The molecule has 0 spiro atoms. The van der Waals surface area contributed by atoms with Crippen LogP contribution in [-0.4, -0.2) is 40.6 Å². The predicted molar refractivity (Wildman–Crippen MR) is 71.3 cm³/mol. The lowest BCUT2D eigenvalue weighted by atomic mass is 10.4. The van der Waals surface area contributed by atoms with E-state index in [2.05, 4.69) is 35.6 Å². The van der Waals surface area contributed by atoms with Gasteiger partial charge in [0.1, 0.15) is 10.7 Å². The zero-order valence-corrected chi connectivity index (χ0v) is 11.8. The molecule has 0 aliphatic heterocycles. The second-order valence-electron chi connectivity index (χ2n) is 4.02. The van der Waals surface area contributed by atoms with Gasteiger partial charge in [0.05, 0.1) is 6.04 Å². The van der Waals surface area contributed by atoms with Gasteiger partial charge in [0.15, 0.2) is 5.82 Å². The fourth-order valence-corrected chi connectivity index (χ4v) is 2.68. The van der Waals surface area contributed by atoms with E-state index in [1.165, 1.54) is 12.3 Å². The summed E-state index contributed by atoms with van der Waals surface area (Å²) in [6, 6.07) is 2.50. The summed E-state index contributed by atoms with van der Waals surface area (Å²) in [6.07, 6.45) is 1.29. The molecule has 2 aromatic rings. The Kier molecular flexibility index (Phi) is 4.25. The van der Waals surface area contributed by atoms with Gasteiger partial charge >= 0.3 is 0 Å². The Hall–Kier alpha value is -2.07. The number of H-pyrrole nitrogens is 1. The minimum Gasteiger partial charge on any atom is -0.370 e. The molecule has 10 heteroatoms. The smallest absolute Gasteiger partial charge is 0.242 e. The minimum atomic E-state index is -3.68. The average Bonchev–Trinajstić information content (AvgIpc) is 2.93. The van der Waals surface area contributed by atoms with Crippen LogP contribution in [0.15, 0.2) is 23.2 Å². The number of aromatic nitrogens is 5. The van der Waals surface area contributed by atoms with Crippen LogP contribution in [0.2, 0.25) is 0 Å². The third-order valence-corrected chi connectivity index (χ3v) is 4.01. The number of sulfonamides is 1. The van der Waals surface area contributed by atoms with Gasteiger partial charge in [0.25, 0.3) is 0 Å². The van der Waals surface area contributed by atoms with Crippen molar-refractivity contribution in [3.8, 4) is 0 Å². The van der Waals surface area contributed by atoms with Gasteiger partial charge in [-0.3, -0.25) is 0 Å². The molecule has 2 aromatic heterocycles. The van der Waals surface area contributed by atoms with Crippen molar-refractivity contribution >= 4 is 15.8 Å². The Morgan fingerprint density at radius 2 is 2.20 bits per heavy atom. The van der Waals surface area contributed by atoms with Crippen molar-refractivity contribution in [3.05, 3.63) is 24.2 Å². The highest BCUT2D eigenvalue weighted by Crippen LogP contribution is 2.14. The molecular formula is C10H15N7O2S. The van der Waals surface area contributed by atoms with Crippen LogP contribution in [0.25, 0.3) is 0 Å². The highest BCUT2D eigenvalue weighted by atomic mass is 32.2. The number of nitrogens with zero attached hydrogens (tertiary/aromatic N) is 4. The molecule has 0 saturated carbocycles. The molecule has 0 amide bonds. The van der Waals surface area contributed by atoms with E-state index in [9.17, 15) is 8.42 Å². The van der Waals surface area contributed by atoms with Crippen LogP contribution in [0.3, 0.4) is 0 Å². The molecule has 0 aliphatic carbocycles. The zero-order valence-electron chi connectivity index (χ0n) is 11.0. The lowest BCUT2D eigenvalue weighted by Gasteiger charge is -2.11. The molecule has 0 aliphatic rings. The molecule has 0 saturated heterocycles. The third kappa shape index (κ3) is 3.27. The second kappa shape index (κ2) is 5.92. The van der Waals surface area contributed by atoms with Gasteiger partial charge in [0, 0.05) is 12.7 Å². The third-order valence-electron chi connectivity index (χ3n) is 2.49. The Morgan fingerprint density at radius 1 is 1.40 bits per heavy atom. The van der Waals surface area contributed by atoms with E-state index in [1.807, 2.05) is 6.92 Å². The number of tetrazole rings is 1. The van der Waals surface area contributed by atoms with Crippen molar-refractivity contribution in [2.75, 3.05) is 11.9 Å². The van der Waals surface area contributed by atoms with E-state index < -0.39 is 16.1 Å². The van der Waals surface area contributed by atoms with Gasteiger partial charge in [-0.15, -0.1) is 10.2 Å². The van der Waals surface area contributed by atoms with Crippen molar-refractivity contribution < 1.29 is 8.42 Å². The van der Waals surface area contributed by atoms with Crippen LogP contribution in [0.4, 0.5) is 5.82 Å². The maximum Gasteiger partial charge on any atom is 0.242 e. The number of pyridine rings is 1. The molecule has 2 heterocycles. The average molecular weight is 297 g/mol. The summed E-state index contributed by atoms with van der Waals surface area (Å²) >= 11 is 0. The topological polar surface area (TPSA) is 126 Å². The second-order valence-corrected chi connectivity index (χ2v) is 5.74. The van der Waals surface area contributed by atoms with Crippen LogP contribution >= 0.6 is 0 Å². The van der Waals surface area contributed by atoms with Crippen LogP contribution in [0.1, 0.15) is 25.7 Å². The van der Waals surface area contributed by atoms with E-state index in [0.29, 0.717) is 12.4 Å². The molecule has 1 unspecified atom stereocenters. The van der Waals surface area contributed by atoms with Gasteiger partial charge < -0.3 is 5.32 Å². The first-order chi connectivity index (χ1) is 9.53. The minimum absolute atomic E-state index is 0.0782. The number of anilines is 1. The van der Waals surface area contributed by atoms with Gasteiger partial charge in [0.2, 0.25) is 10.0 Å². The molecule has 0 aromatic carbocycles. The summed E-state index contributed by atoms with van der Waals surface area (Å²) in [6.45, 7) is 4.27. The summed E-state index contributed by atoms with van der Waals surface area (Å²) in [5, 5.41) is 16.1. The van der Waals surface area contributed by atoms with Gasteiger partial charge in [-0.05, 0) is 26.0 Å². The highest BCUT2D eigenvalue weighted by Gasteiger charge is 2.21. The zero-order chi connectivity index (χ0) is 14.6. The summed E-state index contributed by atoms with van der Waals surface area (Å²) in [7, 11) is -3.68. The van der Waals surface area contributed by atoms with Gasteiger partial charge in [-0.1, -0.05) is 5.21 Å². The lowest BCUT2D eigenvalue weighted by molar-refractivity contribution is 0.559. The Bertz CT molecular complexity index is 639. The molecule has 1 atom stereocenters. The van der Waals surface area contributed by atoms with Crippen molar-refractivity contribution in [2.24, 2.45) is 0 Å². The van der Waals surface area contributed by atoms with Crippen molar-refractivity contribution in [1.29, 1.82) is 0 Å². The molecule has 9 nitrogen and oxygen atoms in total. The molecule has 20 heavy (non-hydrogen) atoms. The molecule has 0 radical (unpaired) electrons. The maximum absolute atomic E-state index is 12.1. The monoisotopic (exact) mass is 297 g/mol. The quantitative estimate of drug-likeness (QED) is 0.688. The number of hydrogen-bond acceptors (Lipinski definition) is 7. The summed E-state index contributed by atoms with van der Waals surface area (Å²) < 4.78 is 26.8. The van der Waals surface area contributed by atoms with E-state index in [1.54, 1.807) is 13.0 Å². The molecule has 108 valence electrons. The number of aromatic amines is 1. The first-order valence-electron chi connectivity index (χ1n) is 5.98. The van der Waals surface area contributed by atoms with E-state index in [0.717, 1.165) is 0 Å². The summed E-state index contributed by atoms with van der Waals surface area (Å²) in [5.74, 6) is 0.892. The van der Waals surface area contributed by atoms with Crippen LogP contribution in [0.5, 0.6) is 0 Å². The largest absolute Gasteiger partial charge is 0.370 e. The standard InChI is InChI=1S/C10H15N7O2S/c1-3-11-9-5-4-8(6-12-9)20(18,19)15-7(2)10-13-16-17-14-10/h4-7,15H,3H2,1-2H3,(H,11,12)(H,13,14,16,17). The van der Waals surface area contributed by atoms with Crippen LogP contribution < -0.4 is 10.0 Å². The summed E-state index contributed by atoms with van der Waals surface area (Å²) in [4.78, 5) is 4.10. The number of rotatable bonds is 6. The molecule has 0 fully saturated rings. The first-order valence-corrected chi connectivity index (χ1v) is 7.47. The molecule has 2 rings (SSSR count). The van der Waals surface area contributed by atoms with Gasteiger partial charge in [-0.25, -0.2) is 18.1 Å². The number of hydrogen-bond donors (Lipinski definition) is 3. The lowest BCUT2D eigenvalue weighted by Crippen LogP contribution is -2.27. The fourth-order valence-electron chi connectivity index (χ4n) is 1.53. The van der Waals surface area contributed by atoms with Crippen molar-refractivity contribution in [2.45, 2.75) is 24.8 Å². The first kappa shape index (κ1) is 14.3. The Balaban J connectivity index is 2.13. The summed E-state index contributed by atoms with van der Waals surface area (Å²) in [5.41, 5.74) is 0. The van der Waals surface area contributed by atoms with Crippen LogP contribution in [0, 0.1) is 0 Å². The fraction of sp³-hybridized carbons (Fsp3) is 0.400. The Morgan fingerprint density at radius 3 is 2.75 bits per heavy atom. The molecule has 0 bridgehead atoms. The van der Waals surface area contributed by atoms with Crippen molar-refractivity contribution in [1.82, 2.24) is 30.3 Å². The van der Waals surface area contributed by atoms with Gasteiger partial charge in [-0.2, -0.15) is 5.21 Å². The van der Waals surface area contributed by atoms with E-state index in [-0.39, 0.29) is 10.7 Å². The normalized spacial score (nSPS) is 13.1. The Labute approximate surface area is 116 Å². The molecular weight excluding hydrogens is 282 g/mol.